The van der Waals surface area contributed by atoms with E-state index in [1.165, 1.54) is 17.6 Å². The third kappa shape index (κ3) is 4.02. The zero-order valence-electron chi connectivity index (χ0n) is 15.5. The maximum Gasteiger partial charge on any atom is 0.300 e. The summed E-state index contributed by atoms with van der Waals surface area (Å²) in [5.41, 5.74) is 1.92. The molecule has 3 rings (SSSR count). The number of carbonyl (C=O) groups excluding carboxylic acids is 1. The standard InChI is InChI=1S/C17H20N4O4S2/c1-11-9-13(19-20(11)2)16(22)18-17-21(7-8-25-3)14-6-5-12(27(4,23)24)10-15(14)26-17/h5-6,9-10H,7-8H2,1-4H3. The Morgan fingerprint density at radius 3 is 2.67 bits per heavy atom. The van der Waals surface area contributed by atoms with Gasteiger partial charge in [0.15, 0.2) is 20.3 Å². The maximum absolute atomic E-state index is 12.5. The van der Waals surface area contributed by atoms with Gasteiger partial charge in [-0.05, 0) is 31.2 Å². The molecule has 0 N–H and O–H groups in total. The lowest BCUT2D eigenvalue weighted by atomic mass is 10.3. The summed E-state index contributed by atoms with van der Waals surface area (Å²) >= 11 is 1.26. The molecule has 0 bridgehead atoms. The Hall–Kier alpha value is -2.30. The predicted molar refractivity (Wildman–Crippen MR) is 103 cm³/mol. The molecule has 3 aromatic rings. The second-order valence-electron chi connectivity index (χ2n) is 6.14. The van der Waals surface area contributed by atoms with Crippen molar-refractivity contribution in [3.63, 3.8) is 0 Å². The van der Waals surface area contributed by atoms with E-state index in [1.807, 2.05) is 11.5 Å². The van der Waals surface area contributed by atoms with Crippen molar-refractivity contribution in [2.45, 2.75) is 18.4 Å². The van der Waals surface area contributed by atoms with E-state index in [1.54, 1.807) is 43.1 Å². The molecular formula is C17H20N4O4S2. The first-order chi connectivity index (χ1) is 12.7. The van der Waals surface area contributed by atoms with Gasteiger partial charge in [-0.25, -0.2) is 8.42 Å². The SMILES string of the molecule is COCCn1c(=NC(=O)c2cc(C)n(C)n2)sc2cc(S(C)(=O)=O)ccc21. The van der Waals surface area contributed by atoms with Gasteiger partial charge < -0.3 is 9.30 Å². The van der Waals surface area contributed by atoms with E-state index >= 15 is 0 Å². The van der Waals surface area contributed by atoms with Crippen LogP contribution in [0.15, 0.2) is 34.2 Å². The van der Waals surface area contributed by atoms with E-state index in [9.17, 15) is 13.2 Å². The molecule has 27 heavy (non-hydrogen) atoms. The normalized spacial score (nSPS) is 12.8. The van der Waals surface area contributed by atoms with Crippen molar-refractivity contribution in [3.05, 3.63) is 40.5 Å². The molecule has 0 saturated carbocycles. The number of fused-ring (bicyclic) bond motifs is 1. The lowest BCUT2D eigenvalue weighted by Gasteiger charge is -2.04. The number of hydrogen-bond donors (Lipinski definition) is 0. The van der Waals surface area contributed by atoms with Crippen LogP contribution >= 0.6 is 11.3 Å². The van der Waals surface area contributed by atoms with Crippen LogP contribution in [0.1, 0.15) is 16.2 Å². The summed E-state index contributed by atoms with van der Waals surface area (Å²) in [6.45, 7) is 2.78. The van der Waals surface area contributed by atoms with Crippen LogP contribution in [-0.2, 0) is 28.2 Å². The van der Waals surface area contributed by atoms with Gasteiger partial charge >= 0.3 is 0 Å². The number of methoxy groups -OCH3 is 1. The molecule has 1 amide bonds. The summed E-state index contributed by atoms with van der Waals surface area (Å²) < 4.78 is 33.0. The van der Waals surface area contributed by atoms with Crippen molar-refractivity contribution >= 4 is 37.3 Å². The number of thiazole rings is 1. The quantitative estimate of drug-likeness (QED) is 0.638. The van der Waals surface area contributed by atoms with Gasteiger partial charge in [0.25, 0.3) is 5.91 Å². The van der Waals surface area contributed by atoms with Crippen LogP contribution in [0.2, 0.25) is 0 Å². The van der Waals surface area contributed by atoms with Crippen molar-refractivity contribution in [3.8, 4) is 0 Å². The molecule has 10 heteroatoms. The molecule has 8 nitrogen and oxygen atoms in total. The topological polar surface area (TPSA) is 95.6 Å². The largest absolute Gasteiger partial charge is 0.383 e. The predicted octanol–water partition coefficient (Wildman–Crippen LogP) is 1.54. The highest BCUT2D eigenvalue weighted by molar-refractivity contribution is 7.90. The average Bonchev–Trinajstić information content (AvgIpc) is 3.11. The van der Waals surface area contributed by atoms with Gasteiger partial charge in [-0.15, -0.1) is 0 Å². The smallest absolute Gasteiger partial charge is 0.300 e. The molecule has 0 atom stereocenters. The first-order valence-corrected chi connectivity index (χ1v) is 10.8. The average molecular weight is 409 g/mol. The Labute approximate surface area is 160 Å². The van der Waals surface area contributed by atoms with Crippen molar-refractivity contribution < 1.29 is 17.9 Å². The minimum Gasteiger partial charge on any atom is -0.383 e. The summed E-state index contributed by atoms with van der Waals surface area (Å²) in [4.78, 5) is 17.5. The van der Waals surface area contributed by atoms with E-state index in [2.05, 4.69) is 10.1 Å². The van der Waals surface area contributed by atoms with E-state index in [-0.39, 0.29) is 10.6 Å². The molecule has 0 aliphatic heterocycles. The monoisotopic (exact) mass is 408 g/mol. The van der Waals surface area contributed by atoms with Crippen molar-refractivity contribution in [2.75, 3.05) is 20.0 Å². The summed E-state index contributed by atoms with van der Waals surface area (Å²) in [5, 5.41) is 4.16. The fourth-order valence-electron chi connectivity index (χ4n) is 2.58. The molecular weight excluding hydrogens is 388 g/mol. The number of aromatic nitrogens is 3. The lowest BCUT2D eigenvalue weighted by molar-refractivity contribution is 0.0992. The van der Waals surface area contributed by atoms with Crippen LogP contribution in [-0.4, -0.2) is 48.6 Å². The minimum atomic E-state index is -3.32. The second-order valence-corrected chi connectivity index (χ2v) is 9.17. The van der Waals surface area contributed by atoms with Crippen LogP contribution in [0.3, 0.4) is 0 Å². The van der Waals surface area contributed by atoms with E-state index in [4.69, 9.17) is 4.74 Å². The van der Waals surface area contributed by atoms with Gasteiger partial charge in [-0.2, -0.15) is 10.1 Å². The van der Waals surface area contributed by atoms with Gasteiger partial charge in [0.1, 0.15) is 0 Å². The number of nitrogens with zero attached hydrogens (tertiary/aromatic N) is 4. The van der Waals surface area contributed by atoms with E-state index in [0.29, 0.717) is 18.0 Å². The number of ether oxygens (including phenoxy) is 1. The van der Waals surface area contributed by atoms with Gasteiger partial charge in [-0.3, -0.25) is 9.48 Å². The third-order valence-electron chi connectivity index (χ3n) is 4.13. The van der Waals surface area contributed by atoms with Crippen LogP contribution in [0.5, 0.6) is 0 Å². The fourth-order valence-corrected chi connectivity index (χ4v) is 4.39. The molecule has 144 valence electrons. The Morgan fingerprint density at radius 1 is 1.33 bits per heavy atom. The third-order valence-corrected chi connectivity index (χ3v) is 6.28. The molecule has 0 aliphatic rings. The number of hydrogen-bond acceptors (Lipinski definition) is 6. The van der Waals surface area contributed by atoms with Crippen LogP contribution in [0.25, 0.3) is 10.2 Å². The first-order valence-electron chi connectivity index (χ1n) is 8.13. The Bertz CT molecular complexity index is 1170. The molecule has 0 radical (unpaired) electrons. The number of rotatable bonds is 5. The minimum absolute atomic E-state index is 0.230. The summed E-state index contributed by atoms with van der Waals surface area (Å²) in [6.07, 6.45) is 1.17. The highest BCUT2D eigenvalue weighted by Gasteiger charge is 2.14. The highest BCUT2D eigenvalue weighted by Crippen LogP contribution is 2.22. The van der Waals surface area contributed by atoms with Crippen LogP contribution < -0.4 is 4.80 Å². The molecule has 2 aromatic heterocycles. The Morgan fingerprint density at radius 2 is 2.07 bits per heavy atom. The van der Waals surface area contributed by atoms with Gasteiger partial charge in [0.05, 0.1) is 21.7 Å². The van der Waals surface area contributed by atoms with Gasteiger partial charge in [0.2, 0.25) is 0 Å². The molecule has 0 aliphatic carbocycles. The number of benzene rings is 1. The molecule has 0 unspecified atom stereocenters. The number of sulfone groups is 1. The number of amides is 1. The van der Waals surface area contributed by atoms with Gasteiger partial charge in [0, 0.05) is 32.7 Å². The zero-order chi connectivity index (χ0) is 19.8. The second kappa shape index (κ2) is 7.37. The number of carbonyl (C=O) groups is 1. The lowest BCUT2D eigenvalue weighted by Crippen LogP contribution is -2.19. The Kier molecular flexibility index (Phi) is 5.31. The van der Waals surface area contributed by atoms with E-state index < -0.39 is 15.7 Å². The first kappa shape index (κ1) is 19.5. The molecule has 0 fully saturated rings. The molecule has 0 saturated heterocycles. The van der Waals surface area contributed by atoms with E-state index in [0.717, 1.165) is 15.9 Å². The summed E-state index contributed by atoms with van der Waals surface area (Å²) in [5.74, 6) is -0.445. The maximum atomic E-state index is 12.5. The van der Waals surface area contributed by atoms with Crippen LogP contribution in [0, 0.1) is 6.92 Å². The molecule has 2 heterocycles. The highest BCUT2D eigenvalue weighted by atomic mass is 32.2. The summed E-state index contributed by atoms with van der Waals surface area (Å²) in [6, 6.07) is 6.57. The van der Waals surface area contributed by atoms with Crippen molar-refractivity contribution in [1.29, 1.82) is 0 Å². The molecule has 1 aromatic carbocycles. The van der Waals surface area contributed by atoms with Crippen molar-refractivity contribution in [1.82, 2.24) is 14.3 Å². The van der Waals surface area contributed by atoms with Crippen molar-refractivity contribution in [2.24, 2.45) is 12.0 Å². The van der Waals surface area contributed by atoms with Crippen LogP contribution in [0.4, 0.5) is 0 Å². The molecule has 0 spiro atoms. The zero-order valence-corrected chi connectivity index (χ0v) is 17.1. The Balaban J connectivity index is 2.16. The van der Waals surface area contributed by atoms with Gasteiger partial charge in [-0.1, -0.05) is 11.3 Å². The number of aryl methyl sites for hydroxylation is 2. The summed E-state index contributed by atoms with van der Waals surface area (Å²) in [7, 11) is 0.0333. The fraction of sp³-hybridized carbons (Fsp3) is 0.353.